The first-order valence-corrected chi connectivity index (χ1v) is 9.49. The highest BCUT2D eigenvalue weighted by atomic mass is 35.5. The van der Waals surface area contributed by atoms with Crippen LogP contribution in [0.15, 0.2) is 72.8 Å². The molecule has 0 aromatic heterocycles. The maximum absolute atomic E-state index is 13.0. The molecular weight excluding hydrogens is 406 g/mol. The minimum atomic E-state index is -1.17. The summed E-state index contributed by atoms with van der Waals surface area (Å²) in [6, 6.07) is 19.8. The molecule has 6 nitrogen and oxygen atoms in total. The van der Waals surface area contributed by atoms with Crippen molar-refractivity contribution in [1.29, 1.82) is 0 Å². The summed E-state index contributed by atoms with van der Waals surface area (Å²) < 4.78 is 10.6. The second kappa shape index (κ2) is 9.91. The van der Waals surface area contributed by atoms with Gasteiger partial charge in [0.2, 0.25) is 6.10 Å². The van der Waals surface area contributed by atoms with E-state index in [4.69, 9.17) is 26.2 Å². The molecule has 7 heteroatoms. The van der Waals surface area contributed by atoms with Gasteiger partial charge in [-0.05, 0) is 35.9 Å². The third kappa shape index (κ3) is 5.17. The summed E-state index contributed by atoms with van der Waals surface area (Å²) in [5.74, 6) is -0.703. The first-order chi connectivity index (χ1) is 14.5. The second-order valence-corrected chi connectivity index (χ2v) is 6.80. The second-order valence-electron chi connectivity index (χ2n) is 6.39. The molecule has 0 heterocycles. The van der Waals surface area contributed by atoms with Gasteiger partial charge in [-0.15, -0.1) is 0 Å². The number of methoxy groups -OCH3 is 1. The Morgan fingerprint density at radius 2 is 1.73 bits per heavy atom. The van der Waals surface area contributed by atoms with Crippen LogP contribution in [0.1, 0.15) is 27.6 Å². The molecule has 3 aromatic rings. The van der Waals surface area contributed by atoms with Crippen molar-refractivity contribution in [2.75, 3.05) is 12.4 Å². The molecule has 1 amide bonds. The number of nitrogens with one attached hydrogen (secondary N) is 1. The maximum atomic E-state index is 13.0. The molecule has 0 spiro atoms. The molecule has 3 rings (SSSR count). The van der Waals surface area contributed by atoms with Gasteiger partial charge in [-0.2, -0.15) is 0 Å². The van der Waals surface area contributed by atoms with Crippen molar-refractivity contribution >= 4 is 29.2 Å². The number of benzene rings is 3. The van der Waals surface area contributed by atoms with Crippen molar-refractivity contribution in [1.82, 2.24) is 0 Å². The number of aliphatic hydroxyl groups excluding tert-OH is 1. The molecule has 0 radical (unpaired) electrons. The first-order valence-electron chi connectivity index (χ1n) is 9.12. The fourth-order valence-corrected chi connectivity index (χ4v) is 3.03. The predicted octanol–water partition coefficient (Wildman–Crippen LogP) is 4.38. The Hall–Kier alpha value is -3.35. The summed E-state index contributed by atoms with van der Waals surface area (Å²) in [6.45, 7) is -0.130. The summed E-state index contributed by atoms with van der Waals surface area (Å²) >= 11 is 6.12. The summed E-state index contributed by atoms with van der Waals surface area (Å²) in [6.07, 6.45) is -1.17. The molecule has 0 fully saturated rings. The monoisotopic (exact) mass is 425 g/mol. The molecule has 154 valence electrons. The van der Waals surface area contributed by atoms with Gasteiger partial charge in [0.25, 0.3) is 5.91 Å². The van der Waals surface area contributed by atoms with Gasteiger partial charge in [0, 0.05) is 11.3 Å². The number of rotatable bonds is 7. The van der Waals surface area contributed by atoms with Gasteiger partial charge >= 0.3 is 5.97 Å². The van der Waals surface area contributed by atoms with Gasteiger partial charge in [0.15, 0.2) is 0 Å². The predicted molar refractivity (Wildman–Crippen MR) is 114 cm³/mol. The highest BCUT2D eigenvalue weighted by molar-refractivity contribution is 6.32. The lowest BCUT2D eigenvalue weighted by molar-refractivity contribution is -0.125. The van der Waals surface area contributed by atoms with Gasteiger partial charge < -0.3 is 19.9 Å². The number of aliphatic hydroxyl groups is 1. The molecule has 3 aromatic carbocycles. The van der Waals surface area contributed by atoms with E-state index in [0.29, 0.717) is 27.6 Å². The summed E-state index contributed by atoms with van der Waals surface area (Å²) in [5, 5.41) is 12.2. The third-order valence-corrected chi connectivity index (χ3v) is 4.65. The molecule has 0 bridgehead atoms. The number of hydrogen-bond donors (Lipinski definition) is 2. The zero-order valence-electron chi connectivity index (χ0n) is 16.2. The SMILES string of the molecule is COc1ccc(NC(=O)[C@@H](OC(=O)c2ccc(CO)cc2)c2ccccc2)cc1Cl. The Bertz CT molecular complexity index is 1020. The van der Waals surface area contributed by atoms with Crippen LogP contribution in [0.4, 0.5) is 5.69 Å². The van der Waals surface area contributed by atoms with Crippen molar-refractivity contribution < 1.29 is 24.2 Å². The molecule has 0 aliphatic carbocycles. The van der Waals surface area contributed by atoms with Crippen LogP contribution in [-0.2, 0) is 16.1 Å². The Morgan fingerprint density at radius 3 is 2.33 bits per heavy atom. The number of amides is 1. The van der Waals surface area contributed by atoms with E-state index in [1.807, 2.05) is 0 Å². The van der Waals surface area contributed by atoms with Gasteiger partial charge in [0.1, 0.15) is 5.75 Å². The number of carbonyl (C=O) groups excluding carboxylic acids is 2. The summed E-state index contributed by atoms with van der Waals surface area (Å²) in [4.78, 5) is 25.6. The van der Waals surface area contributed by atoms with E-state index in [1.54, 1.807) is 60.7 Å². The number of halogens is 1. The molecular formula is C23H20ClNO5. The van der Waals surface area contributed by atoms with Gasteiger partial charge in [-0.1, -0.05) is 54.1 Å². The summed E-state index contributed by atoms with van der Waals surface area (Å²) in [5.41, 5.74) is 1.90. The zero-order valence-corrected chi connectivity index (χ0v) is 16.9. The van der Waals surface area contributed by atoms with Crippen LogP contribution < -0.4 is 10.1 Å². The van der Waals surface area contributed by atoms with Crippen molar-refractivity contribution in [2.24, 2.45) is 0 Å². The van der Waals surface area contributed by atoms with E-state index < -0.39 is 18.0 Å². The smallest absolute Gasteiger partial charge is 0.339 e. The normalized spacial score (nSPS) is 11.4. The van der Waals surface area contributed by atoms with Gasteiger partial charge in [-0.25, -0.2) is 4.79 Å². The zero-order chi connectivity index (χ0) is 21.5. The lowest BCUT2D eigenvalue weighted by Crippen LogP contribution is -2.26. The van der Waals surface area contributed by atoms with Gasteiger partial charge in [-0.3, -0.25) is 4.79 Å². The minimum absolute atomic E-state index is 0.130. The van der Waals surface area contributed by atoms with E-state index >= 15 is 0 Å². The van der Waals surface area contributed by atoms with Crippen LogP contribution in [0, 0.1) is 0 Å². The Morgan fingerprint density at radius 1 is 1.03 bits per heavy atom. The fourth-order valence-electron chi connectivity index (χ4n) is 2.77. The molecule has 0 saturated carbocycles. The van der Waals surface area contributed by atoms with Crippen LogP contribution in [0.3, 0.4) is 0 Å². The van der Waals surface area contributed by atoms with Crippen molar-refractivity contribution in [3.05, 3.63) is 94.5 Å². The van der Waals surface area contributed by atoms with E-state index in [-0.39, 0.29) is 12.2 Å². The van der Waals surface area contributed by atoms with E-state index in [0.717, 1.165) is 0 Å². The summed E-state index contributed by atoms with van der Waals surface area (Å²) in [7, 11) is 1.50. The van der Waals surface area contributed by atoms with Crippen LogP contribution in [0.25, 0.3) is 0 Å². The molecule has 0 unspecified atom stereocenters. The largest absolute Gasteiger partial charge is 0.495 e. The Labute approximate surface area is 179 Å². The van der Waals surface area contributed by atoms with Crippen LogP contribution in [-0.4, -0.2) is 24.1 Å². The molecule has 2 N–H and O–H groups in total. The lowest BCUT2D eigenvalue weighted by Gasteiger charge is -2.18. The fraction of sp³-hybridized carbons (Fsp3) is 0.130. The quantitative estimate of drug-likeness (QED) is 0.549. The molecule has 30 heavy (non-hydrogen) atoms. The molecule has 0 saturated heterocycles. The minimum Gasteiger partial charge on any atom is -0.495 e. The third-order valence-electron chi connectivity index (χ3n) is 4.36. The van der Waals surface area contributed by atoms with Crippen molar-refractivity contribution in [3.8, 4) is 5.75 Å². The number of carbonyl (C=O) groups is 2. The number of hydrogen-bond acceptors (Lipinski definition) is 5. The maximum Gasteiger partial charge on any atom is 0.339 e. The molecule has 0 aliphatic rings. The van der Waals surface area contributed by atoms with E-state index in [1.165, 1.54) is 19.2 Å². The highest BCUT2D eigenvalue weighted by Gasteiger charge is 2.26. The molecule has 0 aliphatic heterocycles. The topological polar surface area (TPSA) is 84.9 Å². The van der Waals surface area contributed by atoms with E-state index in [2.05, 4.69) is 5.32 Å². The average Bonchev–Trinajstić information content (AvgIpc) is 2.78. The van der Waals surface area contributed by atoms with Crippen LogP contribution in [0.2, 0.25) is 5.02 Å². The first kappa shape index (κ1) is 21.4. The Balaban J connectivity index is 1.82. The van der Waals surface area contributed by atoms with Gasteiger partial charge in [0.05, 0.1) is 24.3 Å². The van der Waals surface area contributed by atoms with Crippen molar-refractivity contribution in [2.45, 2.75) is 12.7 Å². The Kier molecular flexibility index (Phi) is 7.06. The van der Waals surface area contributed by atoms with Crippen LogP contribution >= 0.6 is 11.6 Å². The molecule has 1 atom stereocenters. The average molecular weight is 426 g/mol. The number of esters is 1. The standard InChI is InChI=1S/C23H20ClNO5/c1-29-20-12-11-18(13-19(20)24)25-22(27)21(16-5-3-2-4-6-16)30-23(28)17-9-7-15(14-26)8-10-17/h2-13,21,26H,14H2,1H3,(H,25,27)/t21-/m0/s1. The lowest BCUT2D eigenvalue weighted by atomic mass is 10.1. The number of anilines is 1. The van der Waals surface area contributed by atoms with Crippen LogP contribution in [0.5, 0.6) is 5.75 Å². The number of ether oxygens (including phenoxy) is 2. The highest BCUT2D eigenvalue weighted by Crippen LogP contribution is 2.28. The van der Waals surface area contributed by atoms with E-state index in [9.17, 15) is 9.59 Å². The van der Waals surface area contributed by atoms with Crippen molar-refractivity contribution in [3.63, 3.8) is 0 Å².